The first-order valence-corrected chi connectivity index (χ1v) is 14.4. The summed E-state index contributed by atoms with van der Waals surface area (Å²) in [6, 6.07) is 16.3. The van der Waals surface area contributed by atoms with Gasteiger partial charge in [-0.1, -0.05) is 52.3 Å². The summed E-state index contributed by atoms with van der Waals surface area (Å²) in [5.74, 6) is 0.244. The van der Waals surface area contributed by atoms with Crippen molar-refractivity contribution in [2.24, 2.45) is 0 Å². The van der Waals surface area contributed by atoms with Crippen LogP contribution in [0.1, 0.15) is 16.7 Å². The molecule has 17 heteroatoms. The molecular formula is C31H20BrN15Zn. The molecule has 2 aromatic carbocycles. The molecule has 0 saturated carbocycles. The van der Waals surface area contributed by atoms with E-state index in [9.17, 15) is 0 Å². The van der Waals surface area contributed by atoms with E-state index in [2.05, 4.69) is 102 Å². The molecule has 15 nitrogen and oxygen atoms in total. The first kappa shape index (κ1) is 34.8. The number of nitrogens with zero attached hydrogens (tertiary/aromatic N) is 14. The van der Waals surface area contributed by atoms with Gasteiger partial charge in [-0.15, -0.1) is 10.2 Å². The fraction of sp³-hybridized carbons (Fsp3) is 0.0968. The molecule has 8 rings (SSSR count). The monoisotopic (exact) mass is 745 g/mol. The van der Waals surface area contributed by atoms with Gasteiger partial charge in [-0.25, -0.2) is 24.3 Å². The Morgan fingerprint density at radius 2 is 1.50 bits per heavy atom. The molecule has 0 radical (unpaired) electrons. The predicted molar refractivity (Wildman–Crippen MR) is 174 cm³/mol. The van der Waals surface area contributed by atoms with Crippen LogP contribution in [-0.4, -0.2) is 61.5 Å². The first-order valence-electron chi connectivity index (χ1n) is 13.6. The Kier molecular flexibility index (Phi) is 11.9. The van der Waals surface area contributed by atoms with Crippen LogP contribution in [0.25, 0.3) is 44.4 Å². The van der Waals surface area contributed by atoms with Crippen molar-refractivity contribution in [2.45, 2.75) is 13.1 Å². The average molecular weight is 748 g/mol. The zero-order chi connectivity index (χ0) is 33.2. The molecule has 1 N–H and O–H groups in total. The summed E-state index contributed by atoms with van der Waals surface area (Å²) >= 11 is 3.32. The van der Waals surface area contributed by atoms with Gasteiger partial charge in [-0.05, 0) is 63.0 Å². The standard InChI is InChI=1S/C15H11N7.C14H9BrN6.2CN.Zn/c1-16-13-8-18-14-15(19-13)22(21-20-14)9-10-4-5-12-11(7-10)3-2-6-17-12;15-12-7-17-13-14(18-12)21(20-19-13)8-9-3-4-11-10(6-9)2-1-5-16-11;2*1-2;/h2-5,7-8,17H,6,9H2;1-7H,8H2;;;/q;;2*-1;+2. The van der Waals surface area contributed by atoms with Gasteiger partial charge in [0.25, 0.3) is 11.5 Å². The molecule has 0 atom stereocenters. The minimum atomic E-state index is 0. The van der Waals surface area contributed by atoms with Crippen LogP contribution in [-0.2, 0) is 32.6 Å². The SMILES string of the molecule is Brc1cnc2nnn(Cc3ccc4ncccc4c3)c2n1.[C-]#N.[C-]#N.[C-]#[N+]c1cnc2nnn(Cc3ccc4c(c3)C=CCN4)c2n1.[Zn+2]. The third-order valence-corrected chi connectivity index (χ3v) is 7.07. The maximum absolute atomic E-state index is 7.03. The van der Waals surface area contributed by atoms with E-state index in [0.717, 1.165) is 39.8 Å². The number of hydrogen-bond donors (Lipinski definition) is 1. The maximum atomic E-state index is 7.03. The van der Waals surface area contributed by atoms with Gasteiger partial charge in [0, 0.05) is 23.8 Å². The molecule has 0 unspecified atom stereocenters. The van der Waals surface area contributed by atoms with Crippen LogP contribution in [0.15, 0.2) is 77.8 Å². The topological polar surface area (TPSA) is 190 Å². The maximum Gasteiger partial charge on any atom is 2.00 e. The van der Waals surface area contributed by atoms with Crippen LogP contribution in [0.3, 0.4) is 0 Å². The van der Waals surface area contributed by atoms with Crippen molar-refractivity contribution in [1.82, 2.24) is 54.9 Å². The van der Waals surface area contributed by atoms with Gasteiger partial charge in [0.2, 0.25) is 11.3 Å². The number of aromatic nitrogens is 11. The third-order valence-electron chi connectivity index (χ3n) is 6.68. The first-order chi connectivity index (χ1) is 23.1. The van der Waals surface area contributed by atoms with Crippen LogP contribution >= 0.6 is 15.9 Å². The van der Waals surface area contributed by atoms with Crippen molar-refractivity contribution in [3.05, 3.63) is 119 Å². The molecule has 0 saturated heterocycles. The molecule has 1 aliphatic rings. The molecule has 0 fully saturated rings. The van der Waals surface area contributed by atoms with Gasteiger partial charge in [0.05, 0.1) is 31.0 Å². The largest absolute Gasteiger partial charge is 2.00 e. The van der Waals surface area contributed by atoms with Gasteiger partial charge >= 0.3 is 19.5 Å². The van der Waals surface area contributed by atoms with Gasteiger partial charge < -0.3 is 33.8 Å². The van der Waals surface area contributed by atoms with Crippen LogP contribution in [0.4, 0.5) is 11.5 Å². The van der Waals surface area contributed by atoms with E-state index >= 15 is 0 Å². The summed E-state index contributed by atoms with van der Waals surface area (Å²) in [6.07, 6.45) is 9.00. The van der Waals surface area contributed by atoms with Crippen molar-refractivity contribution >= 4 is 67.0 Å². The molecule has 0 spiro atoms. The van der Waals surface area contributed by atoms with E-state index < -0.39 is 0 Å². The fourth-order valence-electron chi connectivity index (χ4n) is 4.68. The summed E-state index contributed by atoms with van der Waals surface area (Å²) in [4.78, 5) is 24.5. The Morgan fingerprint density at radius 3 is 2.23 bits per heavy atom. The number of anilines is 1. The second kappa shape index (κ2) is 16.5. The smallest absolute Gasteiger partial charge is 0.512 e. The number of halogens is 1. The zero-order valence-corrected chi connectivity index (χ0v) is 29.5. The number of pyridine rings is 1. The number of fused-ring (bicyclic) bond motifs is 4. The molecule has 0 bridgehead atoms. The number of hydrogen-bond acceptors (Lipinski definition) is 12. The average Bonchev–Trinajstić information content (AvgIpc) is 3.72. The molecule has 0 aliphatic carbocycles. The van der Waals surface area contributed by atoms with Crippen molar-refractivity contribution in [1.29, 1.82) is 10.5 Å². The summed E-state index contributed by atoms with van der Waals surface area (Å²) < 4.78 is 4.07. The van der Waals surface area contributed by atoms with Crippen LogP contribution < -0.4 is 5.32 Å². The Balaban J connectivity index is 0.000000193. The summed E-state index contributed by atoms with van der Waals surface area (Å²) in [5, 5.41) is 33.1. The molecule has 0 amide bonds. The second-order valence-electron chi connectivity index (χ2n) is 9.56. The quantitative estimate of drug-likeness (QED) is 0.187. The molecule has 48 heavy (non-hydrogen) atoms. The Morgan fingerprint density at radius 1 is 0.833 bits per heavy atom. The minimum absolute atomic E-state index is 0. The summed E-state index contributed by atoms with van der Waals surface area (Å²) in [7, 11) is 0. The Bertz CT molecular complexity index is 2300. The van der Waals surface area contributed by atoms with E-state index in [1.54, 1.807) is 21.8 Å². The van der Waals surface area contributed by atoms with Crippen molar-refractivity contribution < 1.29 is 19.5 Å². The van der Waals surface area contributed by atoms with Gasteiger partial charge in [0.15, 0.2) is 5.65 Å². The van der Waals surface area contributed by atoms with Gasteiger partial charge in [-0.3, -0.25) is 4.98 Å². The number of benzene rings is 2. The Hall–Kier alpha value is -6.08. The second-order valence-corrected chi connectivity index (χ2v) is 10.4. The van der Waals surface area contributed by atoms with Crippen molar-refractivity contribution in [3.63, 3.8) is 0 Å². The summed E-state index contributed by atoms with van der Waals surface area (Å²) in [5.41, 5.74) is 7.65. The minimum Gasteiger partial charge on any atom is -0.512 e. The summed E-state index contributed by atoms with van der Waals surface area (Å²) in [6.45, 7) is 18.5. The third kappa shape index (κ3) is 7.82. The molecular weight excluding hydrogens is 728 g/mol. The van der Waals surface area contributed by atoms with Crippen LogP contribution in [0, 0.1) is 30.2 Å². The normalized spacial score (nSPS) is 10.8. The van der Waals surface area contributed by atoms with Crippen LogP contribution in [0.5, 0.6) is 0 Å². The number of rotatable bonds is 4. The molecule has 228 valence electrons. The molecule has 7 aromatic rings. The van der Waals surface area contributed by atoms with E-state index in [1.807, 2.05) is 30.3 Å². The van der Waals surface area contributed by atoms with E-state index in [0.29, 0.717) is 40.3 Å². The Labute approximate surface area is 294 Å². The molecule has 5 aromatic heterocycles. The van der Waals surface area contributed by atoms with E-state index in [-0.39, 0.29) is 25.3 Å². The fourth-order valence-corrected chi connectivity index (χ4v) is 4.95. The zero-order valence-electron chi connectivity index (χ0n) is 25.0. The van der Waals surface area contributed by atoms with Crippen molar-refractivity contribution in [3.8, 4) is 0 Å². The molecule has 6 heterocycles. The number of nitrogens with one attached hydrogen (secondary N) is 1. The molecule has 1 aliphatic heterocycles. The van der Waals surface area contributed by atoms with Crippen LogP contribution in [0.2, 0.25) is 0 Å². The van der Waals surface area contributed by atoms with E-state index in [1.165, 1.54) is 6.20 Å². The predicted octanol–water partition coefficient (Wildman–Crippen LogP) is 5.03. The van der Waals surface area contributed by atoms with Crippen molar-refractivity contribution in [2.75, 3.05) is 11.9 Å². The van der Waals surface area contributed by atoms with Gasteiger partial charge in [-0.2, -0.15) is 0 Å². The van der Waals surface area contributed by atoms with E-state index in [4.69, 9.17) is 30.2 Å². The van der Waals surface area contributed by atoms with Gasteiger partial charge in [0.1, 0.15) is 4.60 Å².